The van der Waals surface area contributed by atoms with E-state index in [0.717, 1.165) is 12.1 Å². The van der Waals surface area contributed by atoms with Gasteiger partial charge in [-0.2, -0.15) is 13.2 Å². The predicted octanol–water partition coefficient (Wildman–Crippen LogP) is 7.10. The smallest absolute Gasteiger partial charge is 0.416 e. The molecule has 0 aliphatic carbocycles. The van der Waals surface area contributed by atoms with Crippen LogP contribution < -0.4 is 15.4 Å². The average Bonchev–Trinajstić information content (AvgIpc) is 2.86. The maximum Gasteiger partial charge on any atom is 0.416 e. The normalized spacial score (nSPS) is 11.0. The molecule has 2 amide bonds. The number of hydrogen-bond donors (Lipinski definition) is 2. The van der Waals surface area contributed by atoms with Crippen LogP contribution in [0, 0.1) is 0 Å². The van der Waals surface area contributed by atoms with Gasteiger partial charge in [0, 0.05) is 23.6 Å². The van der Waals surface area contributed by atoms with Crippen molar-refractivity contribution in [3.05, 3.63) is 82.3 Å². The molecule has 2 N–H and O–H groups in total. The lowest BCUT2D eigenvalue weighted by atomic mass is 10.2. The highest BCUT2D eigenvalue weighted by Gasteiger charge is 2.31. The molecule has 0 atom stereocenters. The molecule has 12 heteroatoms. The number of ether oxygens (including phenoxy) is 2. The van der Waals surface area contributed by atoms with E-state index in [4.69, 9.17) is 32.7 Å². The first-order valence-corrected chi connectivity index (χ1v) is 11.9. The topological polar surface area (TPSA) is 93.7 Å². The summed E-state index contributed by atoms with van der Waals surface area (Å²) in [5.74, 6) is -0.767. The highest BCUT2D eigenvalue weighted by atomic mass is 35.5. The number of anilines is 2. The number of halogens is 5. The van der Waals surface area contributed by atoms with Crippen LogP contribution >= 0.6 is 23.2 Å². The van der Waals surface area contributed by atoms with Gasteiger partial charge in [0.05, 0.1) is 16.3 Å². The number of amides is 2. The van der Waals surface area contributed by atoms with Crippen LogP contribution in [0.15, 0.2) is 66.7 Å². The van der Waals surface area contributed by atoms with Crippen LogP contribution in [0.5, 0.6) is 11.5 Å². The van der Waals surface area contributed by atoms with Crippen LogP contribution in [0.1, 0.15) is 24.8 Å². The lowest BCUT2D eigenvalue weighted by Gasteiger charge is -2.12. The standard InChI is InChI=1S/C26H21Cl2F3N2O5/c27-17-5-9-19(10-6-17)38-20-11-7-18(8-12-20)32-23(34)2-1-3-25(36)37-15-24(35)33-22-14-16(26(29,30)31)4-13-21(22)28/h4-14H,1-3,15H2,(H,32,34)(H,33,35). The molecule has 0 saturated heterocycles. The van der Waals surface area contributed by atoms with Crippen LogP contribution in [0.4, 0.5) is 24.5 Å². The Hall–Kier alpha value is -3.76. The third kappa shape index (κ3) is 9.28. The molecule has 38 heavy (non-hydrogen) atoms. The lowest BCUT2D eigenvalue weighted by molar-refractivity contribution is -0.147. The number of carbonyl (C=O) groups is 3. The van der Waals surface area contributed by atoms with Gasteiger partial charge in [0.1, 0.15) is 11.5 Å². The summed E-state index contributed by atoms with van der Waals surface area (Å²) in [5, 5.41) is 5.35. The lowest BCUT2D eigenvalue weighted by Crippen LogP contribution is -2.21. The molecule has 0 spiro atoms. The maximum atomic E-state index is 12.8. The number of carbonyl (C=O) groups excluding carboxylic acids is 3. The molecule has 0 aliphatic rings. The Kier molecular flexibility index (Phi) is 9.98. The van der Waals surface area contributed by atoms with Gasteiger partial charge < -0.3 is 20.1 Å². The third-order valence-corrected chi connectivity index (χ3v) is 5.49. The van der Waals surface area contributed by atoms with E-state index in [2.05, 4.69) is 10.6 Å². The van der Waals surface area contributed by atoms with Gasteiger partial charge in [-0.1, -0.05) is 23.2 Å². The minimum absolute atomic E-state index is 0.0180. The van der Waals surface area contributed by atoms with Crippen molar-refractivity contribution in [2.75, 3.05) is 17.2 Å². The Morgan fingerprint density at radius 2 is 1.42 bits per heavy atom. The van der Waals surface area contributed by atoms with Gasteiger partial charge in [0.25, 0.3) is 5.91 Å². The second kappa shape index (κ2) is 13.2. The first-order valence-electron chi connectivity index (χ1n) is 11.1. The van der Waals surface area contributed by atoms with Crippen molar-refractivity contribution < 1.29 is 37.0 Å². The van der Waals surface area contributed by atoms with Crippen LogP contribution in [-0.2, 0) is 25.3 Å². The van der Waals surface area contributed by atoms with Gasteiger partial charge in [-0.05, 0) is 73.2 Å². The summed E-state index contributed by atoms with van der Waals surface area (Å²) in [5.41, 5.74) is -0.718. The van der Waals surface area contributed by atoms with Crippen LogP contribution in [0.2, 0.25) is 10.0 Å². The fourth-order valence-corrected chi connectivity index (χ4v) is 3.35. The Labute approximate surface area is 225 Å². The van der Waals surface area contributed by atoms with Crippen molar-refractivity contribution in [2.45, 2.75) is 25.4 Å². The molecule has 0 aliphatic heterocycles. The van der Waals surface area contributed by atoms with Gasteiger partial charge in [0.2, 0.25) is 5.91 Å². The summed E-state index contributed by atoms with van der Waals surface area (Å²) in [6.07, 6.45) is -4.58. The van der Waals surface area contributed by atoms with E-state index >= 15 is 0 Å². The quantitative estimate of drug-likeness (QED) is 0.254. The summed E-state index contributed by atoms with van der Waals surface area (Å²) in [7, 11) is 0. The summed E-state index contributed by atoms with van der Waals surface area (Å²) in [6, 6.07) is 16.0. The second-order valence-corrected chi connectivity index (χ2v) is 8.73. The highest BCUT2D eigenvalue weighted by Crippen LogP contribution is 2.33. The highest BCUT2D eigenvalue weighted by molar-refractivity contribution is 6.33. The zero-order chi connectivity index (χ0) is 27.7. The Balaban J connectivity index is 1.35. The van der Waals surface area contributed by atoms with Crippen molar-refractivity contribution in [2.24, 2.45) is 0 Å². The van der Waals surface area contributed by atoms with Crippen LogP contribution in [0.25, 0.3) is 0 Å². The summed E-state index contributed by atoms with van der Waals surface area (Å²) >= 11 is 11.7. The first-order chi connectivity index (χ1) is 18.0. The molecule has 0 aromatic heterocycles. The van der Waals surface area contributed by atoms with E-state index in [-0.39, 0.29) is 35.9 Å². The van der Waals surface area contributed by atoms with E-state index in [1.807, 2.05) is 0 Å². The molecule has 200 valence electrons. The summed E-state index contributed by atoms with van der Waals surface area (Å²) in [6.45, 7) is -0.720. The molecule has 0 heterocycles. The number of hydrogen-bond acceptors (Lipinski definition) is 5. The molecule has 3 rings (SSSR count). The number of alkyl halides is 3. The summed E-state index contributed by atoms with van der Waals surface area (Å²) in [4.78, 5) is 36.0. The Morgan fingerprint density at radius 1 is 0.789 bits per heavy atom. The zero-order valence-electron chi connectivity index (χ0n) is 19.6. The average molecular weight is 569 g/mol. The Morgan fingerprint density at radius 3 is 2.05 bits per heavy atom. The minimum atomic E-state index is -4.61. The van der Waals surface area contributed by atoms with Crippen LogP contribution in [-0.4, -0.2) is 24.4 Å². The maximum absolute atomic E-state index is 12.8. The SMILES string of the molecule is O=C(CCCC(=O)OCC(=O)Nc1cc(C(F)(F)F)ccc1Cl)Nc1ccc(Oc2ccc(Cl)cc2)cc1. The van der Waals surface area contributed by atoms with Crippen molar-refractivity contribution in [1.29, 1.82) is 0 Å². The minimum Gasteiger partial charge on any atom is -0.457 e. The van der Waals surface area contributed by atoms with Crippen molar-refractivity contribution >= 4 is 52.4 Å². The Bertz CT molecular complexity index is 1280. The van der Waals surface area contributed by atoms with Gasteiger partial charge >= 0.3 is 12.1 Å². The number of nitrogens with one attached hydrogen (secondary N) is 2. The largest absolute Gasteiger partial charge is 0.457 e. The number of benzene rings is 3. The molecule has 7 nitrogen and oxygen atoms in total. The van der Waals surface area contributed by atoms with Gasteiger partial charge in [-0.15, -0.1) is 0 Å². The fourth-order valence-electron chi connectivity index (χ4n) is 3.06. The van der Waals surface area contributed by atoms with E-state index in [0.29, 0.717) is 28.3 Å². The van der Waals surface area contributed by atoms with Gasteiger partial charge in [-0.3, -0.25) is 14.4 Å². The van der Waals surface area contributed by atoms with Crippen molar-refractivity contribution in [3.8, 4) is 11.5 Å². The van der Waals surface area contributed by atoms with Crippen molar-refractivity contribution in [1.82, 2.24) is 0 Å². The first kappa shape index (κ1) is 28.8. The second-order valence-electron chi connectivity index (χ2n) is 7.88. The molecule has 0 unspecified atom stereocenters. The molecule has 0 fully saturated rings. The van der Waals surface area contributed by atoms with Crippen molar-refractivity contribution in [3.63, 3.8) is 0 Å². The predicted molar refractivity (Wildman–Crippen MR) is 136 cm³/mol. The zero-order valence-corrected chi connectivity index (χ0v) is 21.1. The monoisotopic (exact) mass is 568 g/mol. The third-order valence-electron chi connectivity index (χ3n) is 4.90. The molecular formula is C26H21Cl2F3N2O5. The molecule has 3 aromatic carbocycles. The van der Waals surface area contributed by atoms with Crippen LogP contribution in [0.3, 0.4) is 0 Å². The molecular weight excluding hydrogens is 548 g/mol. The molecule has 3 aromatic rings. The van der Waals surface area contributed by atoms with Gasteiger partial charge in [0.15, 0.2) is 6.61 Å². The summed E-state index contributed by atoms with van der Waals surface area (Å²) < 4.78 is 49.0. The van der Waals surface area contributed by atoms with E-state index in [1.165, 1.54) is 0 Å². The van der Waals surface area contributed by atoms with E-state index < -0.39 is 30.2 Å². The van der Waals surface area contributed by atoms with E-state index in [1.54, 1.807) is 48.5 Å². The van der Waals surface area contributed by atoms with E-state index in [9.17, 15) is 27.6 Å². The molecule has 0 bridgehead atoms. The fraction of sp³-hybridized carbons (Fsp3) is 0.192. The number of esters is 1. The molecule has 0 saturated carbocycles. The van der Waals surface area contributed by atoms with Gasteiger partial charge in [-0.25, -0.2) is 0 Å². The number of rotatable bonds is 10. The molecule has 0 radical (unpaired) electrons.